The van der Waals surface area contributed by atoms with Crippen LogP contribution < -0.4 is 10.6 Å². The molecule has 1 amide bonds. The Morgan fingerprint density at radius 2 is 2.31 bits per heavy atom. The van der Waals surface area contributed by atoms with Crippen molar-refractivity contribution in [2.75, 3.05) is 13.6 Å². The van der Waals surface area contributed by atoms with Gasteiger partial charge in [0.2, 0.25) is 5.91 Å². The summed E-state index contributed by atoms with van der Waals surface area (Å²) in [6, 6.07) is 0.103. The van der Waals surface area contributed by atoms with E-state index in [9.17, 15) is 4.79 Å². The van der Waals surface area contributed by atoms with E-state index in [-0.39, 0.29) is 11.9 Å². The van der Waals surface area contributed by atoms with Crippen molar-refractivity contribution in [1.82, 2.24) is 10.6 Å². The van der Waals surface area contributed by atoms with Gasteiger partial charge in [-0.3, -0.25) is 4.79 Å². The minimum absolute atomic E-state index is 0.103. The molecule has 2 N–H and O–H groups in total. The van der Waals surface area contributed by atoms with E-state index in [1.165, 1.54) is 0 Å². The number of amides is 1. The van der Waals surface area contributed by atoms with E-state index >= 15 is 0 Å². The van der Waals surface area contributed by atoms with Gasteiger partial charge in [0, 0.05) is 12.5 Å². The van der Waals surface area contributed by atoms with Crippen LogP contribution in [0.15, 0.2) is 12.7 Å². The van der Waals surface area contributed by atoms with E-state index in [2.05, 4.69) is 17.2 Å². The van der Waals surface area contributed by atoms with Crippen LogP contribution in [0.25, 0.3) is 0 Å². The maximum absolute atomic E-state index is 11.2. The molecule has 76 valence electrons. The van der Waals surface area contributed by atoms with Crippen LogP contribution in [-0.2, 0) is 4.79 Å². The number of carbonyl (C=O) groups excluding carboxylic acids is 1. The zero-order valence-electron chi connectivity index (χ0n) is 8.60. The average Bonchev–Trinajstić information content (AvgIpc) is 2.12. The lowest BCUT2D eigenvalue weighted by molar-refractivity contribution is -0.121. The summed E-state index contributed by atoms with van der Waals surface area (Å²) in [5, 5.41) is 5.94. The van der Waals surface area contributed by atoms with Gasteiger partial charge < -0.3 is 10.6 Å². The quantitative estimate of drug-likeness (QED) is 0.581. The van der Waals surface area contributed by atoms with Crippen LogP contribution in [0.2, 0.25) is 0 Å². The minimum atomic E-state index is 0.103. The van der Waals surface area contributed by atoms with E-state index in [1.54, 1.807) is 6.08 Å². The molecular formula is C10H20N2O. The van der Waals surface area contributed by atoms with Gasteiger partial charge >= 0.3 is 0 Å². The van der Waals surface area contributed by atoms with Crippen molar-refractivity contribution in [3.63, 3.8) is 0 Å². The molecule has 13 heavy (non-hydrogen) atoms. The zero-order chi connectivity index (χ0) is 10.1. The highest BCUT2D eigenvalue weighted by Crippen LogP contribution is 1.94. The third-order valence-corrected chi connectivity index (χ3v) is 1.81. The molecule has 0 aromatic carbocycles. The highest BCUT2D eigenvalue weighted by molar-refractivity contribution is 5.76. The largest absolute Gasteiger partial charge is 0.350 e. The molecule has 0 bridgehead atoms. The summed E-state index contributed by atoms with van der Waals surface area (Å²) in [6.07, 6.45) is 4.17. The first-order chi connectivity index (χ1) is 6.24. The van der Waals surface area contributed by atoms with E-state index in [0.29, 0.717) is 6.42 Å². The first-order valence-electron chi connectivity index (χ1n) is 4.81. The number of rotatable bonds is 7. The second-order valence-corrected chi connectivity index (χ2v) is 3.05. The van der Waals surface area contributed by atoms with Gasteiger partial charge in [0.25, 0.3) is 0 Å². The van der Waals surface area contributed by atoms with Crippen LogP contribution in [0.3, 0.4) is 0 Å². The molecule has 0 aromatic rings. The molecule has 0 saturated carbocycles. The predicted molar refractivity (Wildman–Crippen MR) is 55.6 cm³/mol. The van der Waals surface area contributed by atoms with E-state index in [1.807, 2.05) is 14.0 Å². The maximum Gasteiger partial charge on any atom is 0.220 e. The zero-order valence-corrected chi connectivity index (χ0v) is 8.60. The molecule has 0 aromatic heterocycles. The maximum atomic E-state index is 11.2. The Balaban J connectivity index is 3.69. The van der Waals surface area contributed by atoms with Gasteiger partial charge in [0.1, 0.15) is 0 Å². The first-order valence-corrected chi connectivity index (χ1v) is 4.81. The Morgan fingerprint density at radius 3 is 2.77 bits per heavy atom. The SMILES string of the molecule is C=CC(CCNC)NC(=O)CCC. The summed E-state index contributed by atoms with van der Waals surface area (Å²) in [5.41, 5.74) is 0. The average molecular weight is 184 g/mol. The standard InChI is InChI=1S/C10H20N2O/c1-4-6-10(13)12-9(5-2)7-8-11-3/h5,9,11H,2,4,6-8H2,1,3H3,(H,12,13). The van der Waals surface area contributed by atoms with Crippen molar-refractivity contribution in [2.45, 2.75) is 32.2 Å². The molecule has 0 heterocycles. The van der Waals surface area contributed by atoms with Crippen molar-refractivity contribution >= 4 is 5.91 Å². The summed E-state index contributed by atoms with van der Waals surface area (Å²) >= 11 is 0. The van der Waals surface area contributed by atoms with Crippen molar-refractivity contribution in [3.8, 4) is 0 Å². The molecule has 0 aliphatic rings. The molecule has 0 fully saturated rings. The molecule has 0 rings (SSSR count). The van der Waals surface area contributed by atoms with Crippen molar-refractivity contribution in [1.29, 1.82) is 0 Å². The van der Waals surface area contributed by atoms with Crippen LogP contribution in [0.5, 0.6) is 0 Å². The van der Waals surface area contributed by atoms with Crippen LogP contribution in [0.1, 0.15) is 26.2 Å². The minimum Gasteiger partial charge on any atom is -0.350 e. The Morgan fingerprint density at radius 1 is 1.62 bits per heavy atom. The molecule has 0 radical (unpaired) electrons. The highest BCUT2D eigenvalue weighted by atomic mass is 16.1. The van der Waals surface area contributed by atoms with Gasteiger partial charge in [-0.1, -0.05) is 13.0 Å². The number of carbonyl (C=O) groups is 1. The summed E-state index contributed by atoms with van der Waals surface area (Å²) in [5.74, 6) is 0.114. The molecule has 1 atom stereocenters. The molecule has 0 aliphatic heterocycles. The smallest absolute Gasteiger partial charge is 0.220 e. The third kappa shape index (κ3) is 6.34. The van der Waals surface area contributed by atoms with Crippen LogP contribution >= 0.6 is 0 Å². The number of hydrogen-bond acceptors (Lipinski definition) is 2. The molecule has 1 unspecified atom stereocenters. The molecule has 3 nitrogen and oxygen atoms in total. The van der Waals surface area contributed by atoms with Gasteiger partial charge in [-0.15, -0.1) is 6.58 Å². The van der Waals surface area contributed by atoms with Crippen molar-refractivity contribution in [3.05, 3.63) is 12.7 Å². The fraction of sp³-hybridized carbons (Fsp3) is 0.700. The lowest BCUT2D eigenvalue weighted by Crippen LogP contribution is -2.34. The van der Waals surface area contributed by atoms with Crippen molar-refractivity contribution in [2.24, 2.45) is 0 Å². The van der Waals surface area contributed by atoms with Gasteiger partial charge in [0.15, 0.2) is 0 Å². The number of nitrogens with one attached hydrogen (secondary N) is 2. The Labute approximate surface area is 80.6 Å². The van der Waals surface area contributed by atoms with Gasteiger partial charge in [-0.25, -0.2) is 0 Å². The predicted octanol–water partition coefficient (Wildman–Crippen LogP) is 1.07. The second-order valence-electron chi connectivity index (χ2n) is 3.05. The van der Waals surface area contributed by atoms with E-state index < -0.39 is 0 Å². The van der Waals surface area contributed by atoms with Crippen LogP contribution in [0, 0.1) is 0 Å². The lowest BCUT2D eigenvalue weighted by atomic mass is 10.2. The number of hydrogen-bond donors (Lipinski definition) is 2. The Bertz CT molecular complexity index is 157. The van der Waals surface area contributed by atoms with Crippen molar-refractivity contribution < 1.29 is 4.79 Å². The molecule has 0 aliphatic carbocycles. The van der Waals surface area contributed by atoms with Crippen LogP contribution in [-0.4, -0.2) is 25.5 Å². The van der Waals surface area contributed by atoms with E-state index in [4.69, 9.17) is 0 Å². The topological polar surface area (TPSA) is 41.1 Å². The van der Waals surface area contributed by atoms with Gasteiger partial charge in [-0.05, 0) is 26.4 Å². The fourth-order valence-corrected chi connectivity index (χ4v) is 1.05. The van der Waals surface area contributed by atoms with Gasteiger partial charge in [0.05, 0.1) is 0 Å². The van der Waals surface area contributed by atoms with Crippen LogP contribution in [0.4, 0.5) is 0 Å². The Hall–Kier alpha value is -0.830. The molecule has 0 spiro atoms. The normalized spacial score (nSPS) is 12.2. The monoisotopic (exact) mass is 184 g/mol. The fourth-order valence-electron chi connectivity index (χ4n) is 1.05. The second kappa shape index (κ2) is 7.80. The molecular weight excluding hydrogens is 164 g/mol. The Kier molecular flexibility index (Phi) is 7.30. The third-order valence-electron chi connectivity index (χ3n) is 1.81. The summed E-state index contributed by atoms with van der Waals surface area (Å²) in [6.45, 7) is 6.57. The first kappa shape index (κ1) is 12.2. The summed E-state index contributed by atoms with van der Waals surface area (Å²) in [7, 11) is 1.90. The highest BCUT2D eigenvalue weighted by Gasteiger charge is 2.06. The molecule has 0 saturated heterocycles. The summed E-state index contributed by atoms with van der Waals surface area (Å²) < 4.78 is 0. The molecule has 3 heteroatoms. The lowest BCUT2D eigenvalue weighted by Gasteiger charge is -2.13. The van der Waals surface area contributed by atoms with Gasteiger partial charge in [-0.2, -0.15) is 0 Å². The summed E-state index contributed by atoms with van der Waals surface area (Å²) in [4.78, 5) is 11.2. The van der Waals surface area contributed by atoms with E-state index in [0.717, 1.165) is 19.4 Å².